The molecule has 104 valence electrons. The quantitative estimate of drug-likeness (QED) is 0.880. The zero-order chi connectivity index (χ0) is 13.7. The van der Waals surface area contributed by atoms with E-state index in [1.54, 1.807) is 12.4 Å². The molecular weight excluding hydrogens is 240 g/mol. The Hall–Kier alpha value is -1.42. The lowest BCUT2D eigenvalue weighted by molar-refractivity contribution is -0.122. The summed E-state index contributed by atoms with van der Waals surface area (Å²) in [5.74, 6) is 0.879. The van der Waals surface area contributed by atoms with Crippen LogP contribution in [0, 0.1) is 11.8 Å². The second-order valence-corrected chi connectivity index (χ2v) is 5.63. The van der Waals surface area contributed by atoms with Gasteiger partial charge in [0.25, 0.3) is 0 Å². The largest absolute Gasteiger partial charge is 0.379 e. The molecule has 1 amide bonds. The van der Waals surface area contributed by atoms with Gasteiger partial charge in [0.2, 0.25) is 5.91 Å². The first-order valence-electron chi connectivity index (χ1n) is 6.91. The summed E-state index contributed by atoms with van der Waals surface area (Å²) in [7, 11) is 0. The predicted molar refractivity (Wildman–Crippen MR) is 73.6 cm³/mol. The summed E-state index contributed by atoms with van der Waals surface area (Å²) >= 11 is 0. The van der Waals surface area contributed by atoms with Crippen LogP contribution in [0.15, 0.2) is 24.5 Å². The van der Waals surface area contributed by atoms with E-state index in [1.807, 2.05) is 12.1 Å². The van der Waals surface area contributed by atoms with E-state index in [0.717, 1.165) is 13.0 Å². The Labute approximate surface area is 114 Å². The van der Waals surface area contributed by atoms with Crippen LogP contribution in [0.3, 0.4) is 0 Å². The third-order valence-electron chi connectivity index (χ3n) is 3.39. The highest BCUT2D eigenvalue weighted by Gasteiger charge is 2.29. The average Bonchev–Trinajstić information content (AvgIpc) is 2.77. The summed E-state index contributed by atoms with van der Waals surface area (Å²) in [6, 6.07) is 4.18. The lowest BCUT2D eigenvalue weighted by Crippen LogP contribution is -2.41. The van der Waals surface area contributed by atoms with Crippen LogP contribution in [0.4, 0.5) is 0 Å². The van der Waals surface area contributed by atoms with Crippen LogP contribution in [-0.2, 0) is 16.0 Å². The molecule has 0 aliphatic carbocycles. The molecule has 0 spiro atoms. The molecule has 2 atom stereocenters. The molecule has 1 saturated heterocycles. The van der Waals surface area contributed by atoms with Gasteiger partial charge in [-0.1, -0.05) is 13.8 Å². The highest BCUT2D eigenvalue weighted by Crippen LogP contribution is 2.19. The zero-order valence-corrected chi connectivity index (χ0v) is 11.6. The van der Waals surface area contributed by atoms with E-state index in [2.05, 4.69) is 24.1 Å². The Balaban J connectivity index is 1.88. The Morgan fingerprint density at radius 2 is 2.16 bits per heavy atom. The van der Waals surface area contributed by atoms with Gasteiger partial charge in [-0.25, -0.2) is 0 Å². The number of hydrogen-bond acceptors (Lipinski definition) is 3. The van der Waals surface area contributed by atoms with Crippen molar-refractivity contribution in [2.45, 2.75) is 32.7 Å². The fourth-order valence-electron chi connectivity index (χ4n) is 2.42. The number of nitrogens with one attached hydrogen (secondary N) is 1. The van der Waals surface area contributed by atoms with Gasteiger partial charge in [0.05, 0.1) is 19.3 Å². The molecule has 1 aliphatic rings. The van der Waals surface area contributed by atoms with Gasteiger partial charge in [-0.3, -0.25) is 9.78 Å². The lowest BCUT2D eigenvalue weighted by Gasteiger charge is -2.19. The molecule has 19 heavy (non-hydrogen) atoms. The van der Waals surface area contributed by atoms with Crippen LogP contribution >= 0.6 is 0 Å². The fourth-order valence-corrected chi connectivity index (χ4v) is 2.42. The molecule has 2 heterocycles. The number of pyridine rings is 1. The number of nitrogens with zero attached hydrogens (tertiary/aromatic N) is 1. The molecule has 1 fully saturated rings. The highest BCUT2D eigenvalue weighted by molar-refractivity contribution is 5.76. The molecule has 0 radical (unpaired) electrons. The fraction of sp³-hybridized carbons (Fsp3) is 0.600. The van der Waals surface area contributed by atoms with Gasteiger partial charge in [0, 0.05) is 24.7 Å². The van der Waals surface area contributed by atoms with E-state index >= 15 is 0 Å². The van der Waals surface area contributed by atoms with E-state index in [4.69, 9.17) is 4.74 Å². The first kappa shape index (κ1) is 14.0. The van der Waals surface area contributed by atoms with Crippen molar-refractivity contribution in [3.05, 3.63) is 30.1 Å². The van der Waals surface area contributed by atoms with Crippen LogP contribution in [0.1, 0.15) is 25.8 Å². The molecule has 1 aromatic heterocycles. The number of hydrogen-bond donors (Lipinski definition) is 1. The van der Waals surface area contributed by atoms with Crippen molar-refractivity contribution in [1.82, 2.24) is 10.3 Å². The van der Waals surface area contributed by atoms with Crippen molar-refractivity contribution in [2.24, 2.45) is 11.8 Å². The molecule has 0 unspecified atom stereocenters. The second kappa shape index (κ2) is 6.66. The van der Waals surface area contributed by atoms with E-state index < -0.39 is 0 Å². The van der Waals surface area contributed by atoms with Crippen molar-refractivity contribution < 1.29 is 9.53 Å². The van der Waals surface area contributed by atoms with E-state index in [9.17, 15) is 4.79 Å². The van der Waals surface area contributed by atoms with Crippen LogP contribution in [0.25, 0.3) is 0 Å². The molecule has 1 N–H and O–H groups in total. The maximum atomic E-state index is 11.8. The summed E-state index contributed by atoms with van der Waals surface area (Å²) < 4.78 is 5.52. The zero-order valence-electron chi connectivity index (χ0n) is 11.6. The number of carbonyl (C=O) groups excluding carboxylic acids is 1. The molecule has 0 aromatic carbocycles. The second-order valence-electron chi connectivity index (χ2n) is 5.63. The van der Waals surface area contributed by atoms with Crippen molar-refractivity contribution in [1.29, 1.82) is 0 Å². The van der Waals surface area contributed by atoms with E-state index in [-0.39, 0.29) is 11.9 Å². The lowest BCUT2D eigenvalue weighted by atomic mass is 9.95. The maximum Gasteiger partial charge on any atom is 0.220 e. The number of amides is 1. The van der Waals surface area contributed by atoms with Crippen LogP contribution in [-0.4, -0.2) is 30.1 Å². The number of aromatic nitrogens is 1. The molecule has 4 nitrogen and oxygen atoms in total. The van der Waals surface area contributed by atoms with Gasteiger partial charge in [0.15, 0.2) is 0 Å². The van der Waals surface area contributed by atoms with Gasteiger partial charge >= 0.3 is 0 Å². The molecule has 1 aliphatic heterocycles. The van der Waals surface area contributed by atoms with Crippen LogP contribution in [0.5, 0.6) is 0 Å². The van der Waals surface area contributed by atoms with E-state index in [0.29, 0.717) is 24.9 Å². The summed E-state index contributed by atoms with van der Waals surface area (Å²) in [5.41, 5.74) is 1.24. The van der Waals surface area contributed by atoms with Crippen LogP contribution in [0.2, 0.25) is 0 Å². The van der Waals surface area contributed by atoms with Crippen molar-refractivity contribution in [3.8, 4) is 0 Å². The highest BCUT2D eigenvalue weighted by atomic mass is 16.5. The number of carbonyl (C=O) groups is 1. The molecular formula is C15H22N2O2. The summed E-state index contributed by atoms with van der Waals surface area (Å²) in [5, 5.41) is 3.10. The monoisotopic (exact) mass is 262 g/mol. The Morgan fingerprint density at radius 1 is 1.42 bits per heavy atom. The number of rotatable bonds is 5. The molecule has 0 saturated carbocycles. The Morgan fingerprint density at radius 3 is 2.84 bits per heavy atom. The first-order chi connectivity index (χ1) is 9.15. The number of ether oxygens (including phenoxy) is 1. The van der Waals surface area contributed by atoms with Gasteiger partial charge in [-0.2, -0.15) is 0 Å². The Kier molecular flexibility index (Phi) is 4.91. The van der Waals surface area contributed by atoms with Gasteiger partial charge in [-0.15, -0.1) is 0 Å². The van der Waals surface area contributed by atoms with Crippen molar-refractivity contribution in [2.75, 3.05) is 13.2 Å². The molecule has 1 aromatic rings. The maximum absolute atomic E-state index is 11.8. The van der Waals surface area contributed by atoms with Crippen LogP contribution < -0.4 is 5.32 Å². The first-order valence-corrected chi connectivity index (χ1v) is 6.91. The van der Waals surface area contributed by atoms with E-state index in [1.165, 1.54) is 5.56 Å². The van der Waals surface area contributed by atoms with Gasteiger partial charge in [0.1, 0.15) is 0 Å². The Bertz CT molecular complexity index is 406. The normalized spacial score (nSPS) is 22.7. The molecule has 2 rings (SSSR count). The minimum Gasteiger partial charge on any atom is -0.379 e. The smallest absolute Gasteiger partial charge is 0.220 e. The minimum absolute atomic E-state index is 0.130. The molecule has 4 heteroatoms. The summed E-state index contributed by atoms with van der Waals surface area (Å²) in [6.45, 7) is 5.45. The third-order valence-corrected chi connectivity index (χ3v) is 3.39. The standard InChI is InChI=1S/C15H22N2O2/c1-11(2)7-15(18)17-14-10-19-9-13(14)8-12-3-5-16-6-4-12/h3-6,11,13-14H,7-10H2,1-2H3,(H,17,18)/t13-,14+/m1/s1. The predicted octanol–water partition coefficient (Wildman–Crippen LogP) is 1.80. The van der Waals surface area contributed by atoms with Gasteiger partial charge in [-0.05, 0) is 30.0 Å². The third kappa shape index (κ3) is 4.31. The minimum atomic E-state index is 0.130. The van der Waals surface area contributed by atoms with Gasteiger partial charge < -0.3 is 10.1 Å². The molecule has 0 bridgehead atoms. The topological polar surface area (TPSA) is 51.2 Å². The SMILES string of the molecule is CC(C)CC(=O)N[C@H]1COC[C@H]1Cc1ccncc1. The average molecular weight is 262 g/mol. The summed E-state index contributed by atoms with van der Waals surface area (Å²) in [6.07, 6.45) is 5.11. The van der Waals surface area contributed by atoms with Crippen molar-refractivity contribution in [3.63, 3.8) is 0 Å². The summed E-state index contributed by atoms with van der Waals surface area (Å²) in [4.78, 5) is 15.8. The van der Waals surface area contributed by atoms with Crippen molar-refractivity contribution >= 4 is 5.91 Å².